The Balaban J connectivity index is 1.71. The SMILES string of the molecule is Nc1ccc(OC2CCCC2)c(OCc2ccccc2)c1. The fourth-order valence-corrected chi connectivity index (χ4v) is 2.66. The number of nitrogen functional groups attached to an aromatic ring is 1. The van der Waals surface area contributed by atoms with Crippen LogP contribution in [0.1, 0.15) is 31.2 Å². The highest BCUT2D eigenvalue weighted by Gasteiger charge is 2.18. The summed E-state index contributed by atoms with van der Waals surface area (Å²) in [6.07, 6.45) is 5.07. The minimum absolute atomic E-state index is 0.313. The molecule has 2 N–H and O–H groups in total. The van der Waals surface area contributed by atoms with Crippen LogP contribution in [-0.4, -0.2) is 6.10 Å². The van der Waals surface area contributed by atoms with E-state index in [9.17, 15) is 0 Å². The molecule has 0 unspecified atom stereocenters. The smallest absolute Gasteiger partial charge is 0.163 e. The maximum Gasteiger partial charge on any atom is 0.163 e. The third-order valence-electron chi connectivity index (χ3n) is 3.80. The monoisotopic (exact) mass is 283 g/mol. The quantitative estimate of drug-likeness (QED) is 0.838. The van der Waals surface area contributed by atoms with Crippen LogP contribution in [0.4, 0.5) is 5.69 Å². The van der Waals surface area contributed by atoms with Crippen molar-refractivity contribution in [1.82, 2.24) is 0 Å². The van der Waals surface area contributed by atoms with E-state index in [1.807, 2.05) is 48.5 Å². The van der Waals surface area contributed by atoms with E-state index < -0.39 is 0 Å². The first kappa shape index (κ1) is 13.8. The van der Waals surface area contributed by atoms with E-state index in [1.54, 1.807) is 0 Å². The average molecular weight is 283 g/mol. The zero-order valence-corrected chi connectivity index (χ0v) is 12.1. The van der Waals surface area contributed by atoms with Gasteiger partial charge in [-0.2, -0.15) is 0 Å². The number of ether oxygens (including phenoxy) is 2. The van der Waals surface area contributed by atoms with Gasteiger partial charge in [-0.15, -0.1) is 0 Å². The van der Waals surface area contributed by atoms with Gasteiger partial charge < -0.3 is 15.2 Å². The lowest BCUT2D eigenvalue weighted by molar-refractivity contribution is 0.193. The Bertz CT molecular complexity index is 577. The van der Waals surface area contributed by atoms with E-state index in [1.165, 1.54) is 12.8 Å². The molecule has 1 fully saturated rings. The van der Waals surface area contributed by atoms with Gasteiger partial charge in [0.2, 0.25) is 0 Å². The van der Waals surface area contributed by atoms with Crippen molar-refractivity contribution in [2.45, 2.75) is 38.4 Å². The van der Waals surface area contributed by atoms with Gasteiger partial charge in [-0.05, 0) is 43.4 Å². The van der Waals surface area contributed by atoms with E-state index in [-0.39, 0.29) is 0 Å². The summed E-state index contributed by atoms with van der Waals surface area (Å²) in [6.45, 7) is 0.519. The highest BCUT2D eigenvalue weighted by atomic mass is 16.5. The normalized spacial score (nSPS) is 15.0. The van der Waals surface area contributed by atoms with Crippen molar-refractivity contribution in [1.29, 1.82) is 0 Å². The van der Waals surface area contributed by atoms with Crippen LogP contribution in [-0.2, 0) is 6.61 Å². The van der Waals surface area contributed by atoms with E-state index in [0.29, 0.717) is 18.4 Å². The summed E-state index contributed by atoms with van der Waals surface area (Å²) in [6, 6.07) is 15.7. The standard InChI is InChI=1S/C18H21NO2/c19-15-10-11-17(21-16-8-4-5-9-16)18(12-15)20-13-14-6-2-1-3-7-14/h1-3,6-7,10-12,16H,4-5,8-9,13,19H2. The fraction of sp³-hybridized carbons (Fsp3) is 0.333. The Labute approximate surface area is 125 Å². The van der Waals surface area contributed by atoms with Crippen molar-refractivity contribution in [3.8, 4) is 11.5 Å². The van der Waals surface area contributed by atoms with Gasteiger partial charge in [-0.3, -0.25) is 0 Å². The van der Waals surface area contributed by atoms with Crippen LogP contribution in [0.2, 0.25) is 0 Å². The average Bonchev–Trinajstić information content (AvgIpc) is 3.01. The lowest BCUT2D eigenvalue weighted by atomic mass is 10.2. The molecule has 0 aliphatic heterocycles. The van der Waals surface area contributed by atoms with Gasteiger partial charge in [0, 0.05) is 11.8 Å². The number of anilines is 1. The lowest BCUT2D eigenvalue weighted by Crippen LogP contribution is -2.12. The number of hydrogen-bond acceptors (Lipinski definition) is 3. The van der Waals surface area contributed by atoms with Crippen LogP contribution in [0.15, 0.2) is 48.5 Å². The van der Waals surface area contributed by atoms with Gasteiger partial charge >= 0.3 is 0 Å². The van der Waals surface area contributed by atoms with Crippen molar-refractivity contribution in [2.75, 3.05) is 5.73 Å². The molecule has 0 aromatic heterocycles. The second-order valence-electron chi connectivity index (χ2n) is 5.50. The molecule has 0 heterocycles. The first-order valence-electron chi connectivity index (χ1n) is 7.54. The summed E-state index contributed by atoms with van der Waals surface area (Å²) in [4.78, 5) is 0. The highest BCUT2D eigenvalue weighted by Crippen LogP contribution is 2.33. The van der Waals surface area contributed by atoms with E-state index in [2.05, 4.69) is 0 Å². The lowest BCUT2D eigenvalue weighted by Gasteiger charge is -2.17. The minimum atomic E-state index is 0.313. The molecule has 2 aromatic carbocycles. The van der Waals surface area contributed by atoms with Gasteiger partial charge in [0.1, 0.15) is 6.61 Å². The topological polar surface area (TPSA) is 44.5 Å². The summed E-state index contributed by atoms with van der Waals surface area (Å²) < 4.78 is 12.0. The first-order chi connectivity index (χ1) is 10.3. The molecule has 2 aromatic rings. The van der Waals surface area contributed by atoms with Crippen molar-refractivity contribution in [3.63, 3.8) is 0 Å². The molecule has 3 nitrogen and oxygen atoms in total. The summed E-state index contributed by atoms with van der Waals surface area (Å²) in [5.41, 5.74) is 7.69. The number of nitrogens with two attached hydrogens (primary N) is 1. The van der Waals surface area contributed by atoms with Crippen molar-refractivity contribution < 1.29 is 9.47 Å². The van der Waals surface area contributed by atoms with E-state index in [4.69, 9.17) is 15.2 Å². The van der Waals surface area contributed by atoms with E-state index >= 15 is 0 Å². The highest BCUT2D eigenvalue weighted by molar-refractivity contribution is 5.52. The van der Waals surface area contributed by atoms with Gasteiger partial charge in [0.25, 0.3) is 0 Å². The van der Waals surface area contributed by atoms with E-state index in [0.717, 1.165) is 29.9 Å². The third-order valence-corrected chi connectivity index (χ3v) is 3.80. The predicted molar refractivity (Wildman–Crippen MR) is 84.5 cm³/mol. The summed E-state index contributed by atoms with van der Waals surface area (Å²) in [5, 5.41) is 0. The predicted octanol–water partition coefficient (Wildman–Crippen LogP) is 4.17. The third kappa shape index (κ3) is 3.69. The molecule has 110 valence electrons. The van der Waals surface area contributed by atoms with Gasteiger partial charge in [-0.25, -0.2) is 0 Å². The molecular weight excluding hydrogens is 262 g/mol. The first-order valence-corrected chi connectivity index (χ1v) is 7.54. The molecule has 1 aliphatic rings. The van der Waals surface area contributed by atoms with Crippen LogP contribution in [0.3, 0.4) is 0 Å². The summed E-state index contributed by atoms with van der Waals surface area (Å²) in [5.74, 6) is 1.53. The van der Waals surface area contributed by atoms with Gasteiger partial charge in [0.15, 0.2) is 11.5 Å². The molecule has 1 saturated carbocycles. The summed E-state index contributed by atoms with van der Waals surface area (Å²) >= 11 is 0. The largest absolute Gasteiger partial charge is 0.487 e. The Morgan fingerprint density at radius 1 is 0.952 bits per heavy atom. The van der Waals surface area contributed by atoms with Crippen LogP contribution in [0.25, 0.3) is 0 Å². The second-order valence-corrected chi connectivity index (χ2v) is 5.50. The molecule has 3 heteroatoms. The molecule has 21 heavy (non-hydrogen) atoms. The van der Waals surface area contributed by atoms with Crippen molar-refractivity contribution in [2.24, 2.45) is 0 Å². The molecule has 0 saturated heterocycles. The number of benzene rings is 2. The van der Waals surface area contributed by atoms with Gasteiger partial charge in [0.05, 0.1) is 6.10 Å². The second kappa shape index (κ2) is 6.53. The Morgan fingerprint density at radius 2 is 1.71 bits per heavy atom. The van der Waals surface area contributed by atoms with Crippen LogP contribution in [0, 0.1) is 0 Å². The molecule has 1 aliphatic carbocycles. The fourth-order valence-electron chi connectivity index (χ4n) is 2.66. The zero-order chi connectivity index (χ0) is 14.5. The number of rotatable bonds is 5. The summed E-state index contributed by atoms with van der Waals surface area (Å²) in [7, 11) is 0. The van der Waals surface area contributed by atoms with Crippen LogP contribution in [0.5, 0.6) is 11.5 Å². The minimum Gasteiger partial charge on any atom is -0.487 e. The molecule has 0 bridgehead atoms. The maximum absolute atomic E-state index is 6.07. The number of hydrogen-bond donors (Lipinski definition) is 1. The van der Waals surface area contributed by atoms with Gasteiger partial charge in [-0.1, -0.05) is 30.3 Å². The zero-order valence-electron chi connectivity index (χ0n) is 12.1. The molecule has 3 rings (SSSR count). The van der Waals surface area contributed by atoms with Crippen molar-refractivity contribution >= 4 is 5.69 Å². The molecular formula is C18H21NO2. The molecule has 0 atom stereocenters. The van der Waals surface area contributed by atoms with Crippen LogP contribution >= 0.6 is 0 Å². The van der Waals surface area contributed by atoms with Crippen LogP contribution < -0.4 is 15.2 Å². The molecule has 0 amide bonds. The van der Waals surface area contributed by atoms with Crippen molar-refractivity contribution in [3.05, 3.63) is 54.1 Å². The molecule has 0 spiro atoms. The maximum atomic E-state index is 6.07. The Kier molecular flexibility index (Phi) is 4.29. The Morgan fingerprint density at radius 3 is 2.48 bits per heavy atom. The molecule has 0 radical (unpaired) electrons. The Hall–Kier alpha value is -2.16.